The normalized spacial score (nSPS) is 25.2. The molecule has 2 unspecified atom stereocenters. The monoisotopic (exact) mass is 355 g/mol. The summed E-state index contributed by atoms with van der Waals surface area (Å²) in [6, 6.07) is 6.34. The van der Waals surface area contributed by atoms with Gasteiger partial charge in [0, 0.05) is 11.8 Å². The van der Waals surface area contributed by atoms with E-state index in [-0.39, 0.29) is 22.9 Å². The fourth-order valence-corrected chi connectivity index (χ4v) is 3.69. The molecule has 0 bridgehead atoms. The van der Waals surface area contributed by atoms with Crippen molar-refractivity contribution in [3.63, 3.8) is 0 Å². The minimum Gasteiger partial charge on any atom is -0.314 e. The van der Waals surface area contributed by atoms with Gasteiger partial charge in [0.05, 0.1) is 12.0 Å². The van der Waals surface area contributed by atoms with Crippen molar-refractivity contribution in [2.75, 3.05) is 0 Å². The van der Waals surface area contributed by atoms with Crippen molar-refractivity contribution < 1.29 is 9.18 Å². The predicted molar refractivity (Wildman–Crippen MR) is 97.0 cm³/mol. The topological polar surface area (TPSA) is 53.8 Å². The van der Waals surface area contributed by atoms with Crippen LogP contribution in [0.15, 0.2) is 63.7 Å². The molecule has 4 rings (SSSR count). The Kier molecular flexibility index (Phi) is 3.88. The van der Waals surface area contributed by atoms with Gasteiger partial charge in [-0.3, -0.25) is 9.79 Å². The lowest BCUT2D eigenvalue weighted by molar-refractivity contribution is -0.123. The summed E-state index contributed by atoms with van der Waals surface area (Å²) in [7, 11) is 0. The van der Waals surface area contributed by atoms with E-state index >= 15 is 0 Å². The van der Waals surface area contributed by atoms with Gasteiger partial charge in [0.25, 0.3) is 0 Å². The Balaban J connectivity index is 1.88. The van der Waals surface area contributed by atoms with E-state index in [1.54, 1.807) is 37.4 Å². The van der Waals surface area contributed by atoms with Crippen LogP contribution in [0, 0.1) is 11.7 Å². The molecule has 1 aromatic rings. The fourth-order valence-electron chi connectivity index (χ4n) is 3.53. The molecular formula is C19H15ClFN3O. The zero-order chi connectivity index (χ0) is 17.6. The van der Waals surface area contributed by atoms with Gasteiger partial charge in [-0.05, 0) is 42.2 Å². The number of benzene rings is 1. The summed E-state index contributed by atoms with van der Waals surface area (Å²) in [6.45, 7) is 1.77. The molecule has 25 heavy (non-hydrogen) atoms. The lowest BCUT2D eigenvalue weighted by atomic mass is 9.75. The maximum Gasteiger partial charge on any atom is 0.235 e. The van der Waals surface area contributed by atoms with Crippen LogP contribution in [0.25, 0.3) is 5.57 Å². The van der Waals surface area contributed by atoms with Gasteiger partial charge in [0.1, 0.15) is 16.8 Å². The van der Waals surface area contributed by atoms with Gasteiger partial charge >= 0.3 is 0 Å². The highest BCUT2D eigenvalue weighted by molar-refractivity contribution is 6.69. The SMILES string of the molecule is CC1=NC2CC=C3C(c4ccccc4F)=CC(Cl)=NC=C3C2C(=O)N1. The number of fused-ring (bicyclic) bond motifs is 3. The van der Waals surface area contributed by atoms with Crippen molar-refractivity contribution in [2.24, 2.45) is 15.9 Å². The third kappa shape index (κ3) is 2.74. The average molecular weight is 356 g/mol. The summed E-state index contributed by atoms with van der Waals surface area (Å²) in [5.74, 6) is -0.297. The molecule has 0 spiro atoms. The number of hydrogen-bond donors (Lipinski definition) is 1. The molecule has 2 heterocycles. The molecule has 0 radical (unpaired) electrons. The lowest BCUT2D eigenvalue weighted by Crippen LogP contribution is -2.46. The van der Waals surface area contributed by atoms with Gasteiger partial charge < -0.3 is 5.32 Å². The summed E-state index contributed by atoms with van der Waals surface area (Å²) < 4.78 is 14.4. The predicted octanol–water partition coefficient (Wildman–Crippen LogP) is 3.61. The number of amidine groups is 1. The van der Waals surface area contributed by atoms with Gasteiger partial charge in [0.15, 0.2) is 0 Å². The van der Waals surface area contributed by atoms with Crippen LogP contribution in [0.2, 0.25) is 0 Å². The maximum absolute atomic E-state index is 14.4. The van der Waals surface area contributed by atoms with Crippen LogP contribution in [-0.2, 0) is 4.79 Å². The van der Waals surface area contributed by atoms with E-state index in [0.29, 0.717) is 23.4 Å². The molecule has 1 aromatic carbocycles. The minimum atomic E-state index is -0.454. The Morgan fingerprint density at radius 1 is 1.28 bits per heavy atom. The van der Waals surface area contributed by atoms with Gasteiger partial charge in [-0.25, -0.2) is 9.38 Å². The van der Waals surface area contributed by atoms with Crippen molar-refractivity contribution in [3.8, 4) is 0 Å². The fraction of sp³-hybridized carbons (Fsp3) is 0.211. The molecule has 2 aliphatic heterocycles. The van der Waals surface area contributed by atoms with E-state index in [1.807, 2.05) is 6.08 Å². The second-order valence-electron chi connectivity index (χ2n) is 6.18. The van der Waals surface area contributed by atoms with Crippen molar-refractivity contribution in [3.05, 3.63) is 65.1 Å². The quantitative estimate of drug-likeness (QED) is 0.822. The van der Waals surface area contributed by atoms with Crippen LogP contribution >= 0.6 is 11.6 Å². The first kappa shape index (κ1) is 16.0. The standard InChI is InChI=1S/C19H15ClFN3O/c1-10-23-16-7-6-11-13(12-4-2-3-5-15(12)21)8-17(20)22-9-14(11)18(16)19(25)24-10/h2-6,8-9,16,18H,7H2,1H3,(H,23,24,25). The van der Waals surface area contributed by atoms with E-state index < -0.39 is 5.92 Å². The Labute approximate surface area is 149 Å². The Morgan fingerprint density at radius 2 is 2.08 bits per heavy atom. The molecule has 3 aliphatic rings. The second-order valence-corrected chi connectivity index (χ2v) is 6.56. The largest absolute Gasteiger partial charge is 0.314 e. The number of halogens is 2. The van der Waals surface area contributed by atoms with Crippen molar-refractivity contribution in [2.45, 2.75) is 19.4 Å². The first-order chi connectivity index (χ1) is 12.0. The lowest BCUT2D eigenvalue weighted by Gasteiger charge is -2.34. The number of carbonyl (C=O) groups is 1. The molecule has 0 aromatic heterocycles. The van der Waals surface area contributed by atoms with Gasteiger partial charge in [-0.15, -0.1) is 0 Å². The van der Waals surface area contributed by atoms with Crippen LogP contribution in [-0.4, -0.2) is 23.0 Å². The first-order valence-corrected chi connectivity index (χ1v) is 8.38. The number of nitrogens with zero attached hydrogens (tertiary/aromatic N) is 2. The number of hydrogen-bond acceptors (Lipinski definition) is 3. The number of aliphatic imine (C=N–C) groups is 2. The molecule has 1 amide bonds. The third-order valence-electron chi connectivity index (χ3n) is 4.58. The molecule has 4 nitrogen and oxygen atoms in total. The van der Waals surface area contributed by atoms with E-state index in [0.717, 1.165) is 11.1 Å². The highest BCUT2D eigenvalue weighted by atomic mass is 35.5. The zero-order valence-electron chi connectivity index (χ0n) is 13.5. The van der Waals surface area contributed by atoms with E-state index in [1.165, 1.54) is 6.07 Å². The Morgan fingerprint density at radius 3 is 2.88 bits per heavy atom. The second kappa shape index (κ2) is 6.08. The van der Waals surface area contributed by atoms with E-state index in [2.05, 4.69) is 15.3 Å². The number of amides is 1. The van der Waals surface area contributed by atoms with Gasteiger partial charge in [-0.1, -0.05) is 35.9 Å². The van der Waals surface area contributed by atoms with Crippen LogP contribution in [0.1, 0.15) is 18.9 Å². The number of rotatable bonds is 1. The van der Waals surface area contributed by atoms with Crippen molar-refractivity contribution in [1.29, 1.82) is 0 Å². The van der Waals surface area contributed by atoms with Crippen LogP contribution in [0.3, 0.4) is 0 Å². The minimum absolute atomic E-state index is 0.115. The highest BCUT2D eigenvalue weighted by Gasteiger charge is 2.40. The molecule has 0 saturated carbocycles. The summed E-state index contributed by atoms with van der Waals surface area (Å²) in [5, 5.41) is 3.02. The maximum atomic E-state index is 14.4. The summed E-state index contributed by atoms with van der Waals surface area (Å²) >= 11 is 6.17. The number of nitrogens with one attached hydrogen (secondary N) is 1. The Bertz CT molecular complexity index is 926. The highest BCUT2D eigenvalue weighted by Crippen LogP contribution is 2.42. The van der Waals surface area contributed by atoms with E-state index in [9.17, 15) is 9.18 Å². The van der Waals surface area contributed by atoms with Crippen LogP contribution in [0.4, 0.5) is 4.39 Å². The molecule has 1 N–H and O–H groups in total. The number of allylic oxidation sites excluding steroid dienone is 3. The third-order valence-corrected chi connectivity index (χ3v) is 4.79. The summed E-state index contributed by atoms with van der Waals surface area (Å²) in [4.78, 5) is 21.3. The molecule has 2 atom stereocenters. The summed E-state index contributed by atoms with van der Waals surface area (Å²) in [5.41, 5.74) is 2.57. The Hall–Kier alpha value is -2.53. The van der Waals surface area contributed by atoms with Crippen molar-refractivity contribution >= 4 is 34.1 Å². The molecule has 126 valence electrons. The van der Waals surface area contributed by atoms with Crippen molar-refractivity contribution in [1.82, 2.24) is 5.32 Å². The van der Waals surface area contributed by atoms with Crippen LogP contribution in [0.5, 0.6) is 0 Å². The summed E-state index contributed by atoms with van der Waals surface area (Å²) in [6.07, 6.45) is 5.84. The zero-order valence-corrected chi connectivity index (χ0v) is 14.2. The molecular weight excluding hydrogens is 341 g/mol. The average Bonchev–Trinajstić information content (AvgIpc) is 2.74. The smallest absolute Gasteiger partial charge is 0.235 e. The molecule has 0 saturated heterocycles. The van der Waals surface area contributed by atoms with Crippen LogP contribution < -0.4 is 5.32 Å². The van der Waals surface area contributed by atoms with E-state index in [4.69, 9.17) is 11.6 Å². The number of carbonyl (C=O) groups excluding carboxylic acids is 1. The molecule has 0 fully saturated rings. The molecule has 6 heteroatoms. The van der Waals surface area contributed by atoms with Gasteiger partial charge in [-0.2, -0.15) is 0 Å². The molecule has 1 aliphatic carbocycles. The van der Waals surface area contributed by atoms with Gasteiger partial charge in [0.2, 0.25) is 5.91 Å². The first-order valence-electron chi connectivity index (χ1n) is 8.00.